The minimum Gasteiger partial charge on any atom is -0.382 e. The first-order valence-corrected chi connectivity index (χ1v) is 7.92. The molecule has 1 aromatic carbocycles. The van der Waals surface area contributed by atoms with E-state index in [1.165, 1.54) is 4.88 Å². The number of thiophene rings is 1. The van der Waals surface area contributed by atoms with Crippen LogP contribution in [0.2, 0.25) is 0 Å². The molecule has 1 aromatic heterocycles. The molecule has 3 rings (SSSR count). The van der Waals surface area contributed by atoms with Crippen LogP contribution in [-0.2, 0) is 5.66 Å². The van der Waals surface area contributed by atoms with Crippen LogP contribution < -0.4 is 5.73 Å². The Kier molecular flexibility index (Phi) is 3.26. The molecule has 1 unspecified atom stereocenters. The van der Waals surface area contributed by atoms with E-state index in [1.54, 1.807) is 11.3 Å². The minimum absolute atomic E-state index is 0.508. The molecule has 2 aromatic rings. The molecule has 1 aliphatic rings. The summed E-state index contributed by atoms with van der Waals surface area (Å²) in [6, 6.07) is 10.2. The highest BCUT2D eigenvalue weighted by molar-refractivity contribution is 9.10. The molecule has 5 heteroatoms. The lowest BCUT2D eigenvalue weighted by Gasteiger charge is -2.23. The van der Waals surface area contributed by atoms with Crippen LogP contribution in [0.15, 0.2) is 50.2 Å². The number of nitrogens with two attached hydrogens (primary N) is 1. The number of rotatable bonds is 2. The van der Waals surface area contributed by atoms with Crippen LogP contribution in [0.5, 0.6) is 0 Å². The highest BCUT2D eigenvalue weighted by atomic mass is 79.9. The molecule has 0 bridgehead atoms. The van der Waals surface area contributed by atoms with Crippen molar-refractivity contribution in [2.45, 2.75) is 19.5 Å². The Labute approximate surface area is 130 Å². The van der Waals surface area contributed by atoms with Crippen molar-refractivity contribution in [1.29, 1.82) is 0 Å². The monoisotopic (exact) mass is 347 g/mol. The molecular formula is C15H14BrN3S. The Morgan fingerprint density at radius 3 is 2.50 bits per heavy atom. The molecule has 0 amide bonds. The average molecular weight is 348 g/mol. The summed E-state index contributed by atoms with van der Waals surface area (Å²) in [5.74, 6) is 0.508. The van der Waals surface area contributed by atoms with Crippen LogP contribution in [0.25, 0.3) is 0 Å². The molecule has 0 radical (unpaired) electrons. The third-order valence-electron chi connectivity index (χ3n) is 3.34. The van der Waals surface area contributed by atoms with E-state index in [1.807, 2.05) is 31.2 Å². The zero-order valence-corrected chi connectivity index (χ0v) is 13.6. The van der Waals surface area contributed by atoms with Gasteiger partial charge in [-0.3, -0.25) is 0 Å². The summed E-state index contributed by atoms with van der Waals surface area (Å²) >= 11 is 5.22. The lowest BCUT2D eigenvalue weighted by Crippen LogP contribution is -2.21. The Morgan fingerprint density at radius 1 is 1.15 bits per heavy atom. The topological polar surface area (TPSA) is 50.7 Å². The number of aliphatic imine (C=N–C) groups is 2. The Bertz CT molecular complexity index is 712. The molecule has 2 N–H and O–H groups in total. The first-order chi connectivity index (χ1) is 9.51. The summed E-state index contributed by atoms with van der Waals surface area (Å²) < 4.78 is 1.01. The fourth-order valence-corrected chi connectivity index (χ4v) is 3.48. The van der Waals surface area contributed by atoms with Gasteiger partial charge in [0.1, 0.15) is 5.84 Å². The first-order valence-electron chi connectivity index (χ1n) is 6.25. The second-order valence-corrected chi connectivity index (χ2v) is 6.85. The van der Waals surface area contributed by atoms with E-state index in [2.05, 4.69) is 39.3 Å². The van der Waals surface area contributed by atoms with E-state index < -0.39 is 5.66 Å². The van der Waals surface area contributed by atoms with Gasteiger partial charge in [-0.2, -0.15) is 0 Å². The number of nitrogens with zero attached hydrogens (tertiary/aromatic N) is 2. The Hall–Kier alpha value is -1.46. The van der Waals surface area contributed by atoms with Crippen molar-refractivity contribution in [2.75, 3.05) is 0 Å². The zero-order valence-electron chi connectivity index (χ0n) is 11.2. The van der Waals surface area contributed by atoms with Crippen LogP contribution >= 0.6 is 27.3 Å². The third-order valence-corrected chi connectivity index (χ3v) is 4.70. The Balaban J connectivity index is 2.26. The van der Waals surface area contributed by atoms with E-state index in [-0.39, 0.29) is 0 Å². The number of hydrogen-bond acceptors (Lipinski definition) is 4. The predicted octanol–water partition coefficient (Wildman–Crippen LogP) is 3.85. The second kappa shape index (κ2) is 4.82. The van der Waals surface area contributed by atoms with Crippen LogP contribution in [0.1, 0.15) is 22.9 Å². The van der Waals surface area contributed by atoms with E-state index in [0.29, 0.717) is 5.84 Å². The standard InChI is InChI=1S/C15H14BrN3S/c1-9-6-12(8-20-9)15(18-10(2)14(17)19-15)11-4-3-5-13(16)7-11/h3-8H,1-2H3,(H2,17,19). The predicted molar refractivity (Wildman–Crippen MR) is 88.7 cm³/mol. The average Bonchev–Trinajstić information content (AvgIpc) is 2.96. The molecule has 0 spiro atoms. The molecular weight excluding hydrogens is 334 g/mol. The van der Waals surface area contributed by atoms with Gasteiger partial charge in [0.15, 0.2) is 0 Å². The molecule has 1 aliphatic heterocycles. The quantitative estimate of drug-likeness (QED) is 0.881. The maximum Gasteiger partial charge on any atom is 0.204 e. The summed E-state index contributed by atoms with van der Waals surface area (Å²) in [6.07, 6.45) is 0. The molecule has 0 saturated carbocycles. The van der Waals surface area contributed by atoms with Crippen molar-refractivity contribution in [1.82, 2.24) is 0 Å². The molecule has 0 fully saturated rings. The highest BCUT2D eigenvalue weighted by Gasteiger charge is 2.38. The van der Waals surface area contributed by atoms with Gasteiger partial charge in [0.05, 0.1) is 5.71 Å². The highest BCUT2D eigenvalue weighted by Crippen LogP contribution is 2.40. The van der Waals surface area contributed by atoms with E-state index >= 15 is 0 Å². The van der Waals surface area contributed by atoms with Crippen molar-refractivity contribution >= 4 is 38.8 Å². The van der Waals surface area contributed by atoms with Crippen LogP contribution in [-0.4, -0.2) is 11.5 Å². The first kappa shape index (κ1) is 13.5. The number of halogens is 1. The number of amidine groups is 1. The van der Waals surface area contributed by atoms with Gasteiger partial charge in [-0.05, 0) is 37.4 Å². The Morgan fingerprint density at radius 2 is 1.95 bits per heavy atom. The third kappa shape index (κ3) is 2.11. The molecule has 3 nitrogen and oxygen atoms in total. The van der Waals surface area contributed by atoms with Gasteiger partial charge >= 0.3 is 0 Å². The maximum absolute atomic E-state index is 5.98. The fourth-order valence-electron chi connectivity index (χ4n) is 2.34. The van der Waals surface area contributed by atoms with Crippen molar-refractivity contribution in [3.8, 4) is 0 Å². The van der Waals surface area contributed by atoms with Crippen molar-refractivity contribution in [3.63, 3.8) is 0 Å². The largest absolute Gasteiger partial charge is 0.382 e. The van der Waals surface area contributed by atoms with Gasteiger partial charge in [0.25, 0.3) is 0 Å². The van der Waals surface area contributed by atoms with Gasteiger partial charge in [0, 0.05) is 20.5 Å². The summed E-state index contributed by atoms with van der Waals surface area (Å²) in [4.78, 5) is 10.7. The number of hydrogen-bond donors (Lipinski definition) is 1. The normalized spacial score (nSPS) is 21.8. The molecule has 20 heavy (non-hydrogen) atoms. The van der Waals surface area contributed by atoms with Crippen molar-refractivity contribution in [2.24, 2.45) is 15.7 Å². The molecule has 0 aliphatic carbocycles. The number of aryl methyl sites for hydroxylation is 1. The maximum atomic E-state index is 5.98. The van der Waals surface area contributed by atoms with E-state index in [4.69, 9.17) is 10.7 Å². The van der Waals surface area contributed by atoms with Gasteiger partial charge in [-0.1, -0.05) is 28.1 Å². The lowest BCUT2D eigenvalue weighted by atomic mass is 9.94. The summed E-state index contributed by atoms with van der Waals surface area (Å²) in [6.45, 7) is 3.99. The van der Waals surface area contributed by atoms with Gasteiger partial charge in [-0.25, -0.2) is 9.98 Å². The van der Waals surface area contributed by atoms with Gasteiger partial charge < -0.3 is 5.73 Å². The van der Waals surface area contributed by atoms with Crippen molar-refractivity contribution < 1.29 is 0 Å². The summed E-state index contributed by atoms with van der Waals surface area (Å²) in [5.41, 5.74) is 8.12. The zero-order chi connectivity index (χ0) is 14.3. The second-order valence-electron chi connectivity index (χ2n) is 4.82. The smallest absolute Gasteiger partial charge is 0.204 e. The summed E-state index contributed by atoms with van der Waals surface area (Å²) in [7, 11) is 0. The van der Waals surface area contributed by atoms with Crippen LogP contribution in [0.4, 0.5) is 0 Å². The fraction of sp³-hybridized carbons (Fsp3) is 0.200. The van der Waals surface area contributed by atoms with Crippen LogP contribution in [0.3, 0.4) is 0 Å². The molecule has 2 heterocycles. The minimum atomic E-state index is -0.733. The molecule has 1 atom stereocenters. The number of benzene rings is 1. The van der Waals surface area contributed by atoms with Crippen LogP contribution in [0, 0.1) is 6.92 Å². The van der Waals surface area contributed by atoms with Gasteiger partial charge in [-0.15, -0.1) is 11.3 Å². The van der Waals surface area contributed by atoms with Gasteiger partial charge in [0.2, 0.25) is 5.66 Å². The lowest BCUT2D eigenvalue weighted by molar-refractivity contribution is 0.590. The van der Waals surface area contributed by atoms with E-state index in [0.717, 1.165) is 21.3 Å². The van der Waals surface area contributed by atoms with E-state index in [9.17, 15) is 0 Å². The SMILES string of the molecule is CC1=NC(c2cccc(Br)c2)(c2csc(C)c2)N=C1N. The summed E-state index contributed by atoms with van der Waals surface area (Å²) in [5, 5.41) is 2.11. The molecule has 0 saturated heterocycles. The van der Waals surface area contributed by atoms with Crippen molar-refractivity contribution in [3.05, 3.63) is 56.2 Å². The molecule has 102 valence electrons.